The molecular formula is C11H18Br2N2O. The van der Waals surface area contributed by atoms with Crippen LogP contribution >= 0.6 is 31.9 Å². The minimum atomic E-state index is 0.761. The molecule has 0 atom stereocenters. The molecule has 1 rings (SSSR count). The Morgan fingerprint density at radius 2 is 2.06 bits per heavy atom. The molecule has 16 heavy (non-hydrogen) atoms. The third kappa shape index (κ3) is 5.48. The minimum Gasteiger partial charge on any atom is -0.452 e. The van der Waals surface area contributed by atoms with E-state index in [0.717, 1.165) is 34.5 Å². The van der Waals surface area contributed by atoms with E-state index in [2.05, 4.69) is 56.2 Å². The van der Waals surface area contributed by atoms with E-state index in [4.69, 9.17) is 4.42 Å². The van der Waals surface area contributed by atoms with E-state index in [0.29, 0.717) is 0 Å². The Morgan fingerprint density at radius 1 is 1.31 bits per heavy atom. The Labute approximate surface area is 114 Å². The Bertz CT molecular complexity index is 293. The molecule has 0 bridgehead atoms. The highest BCUT2D eigenvalue weighted by Gasteiger charge is 2.04. The summed E-state index contributed by atoms with van der Waals surface area (Å²) in [5, 5.41) is 3.36. The maximum absolute atomic E-state index is 5.46. The van der Waals surface area contributed by atoms with Gasteiger partial charge in [-0.15, -0.1) is 0 Å². The van der Waals surface area contributed by atoms with Crippen LogP contribution in [0.15, 0.2) is 19.6 Å². The van der Waals surface area contributed by atoms with Gasteiger partial charge in [0.25, 0.3) is 0 Å². The van der Waals surface area contributed by atoms with Crippen molar-refractivity contribution in [1.82, 2.24) is 10.2 Å². The fourth-order valence-corrected chi connectivity index (χ4v) is 2.03. The largest absolute Gasteiger partial charge is 0.452 e. The fourth-order valence-electron chi connectivity index (χ4n) is 1.37. The topological polar surface area (TPSA) is 28.4 Å². The molecule has 0 aliphatic rings. The second-order valence-electron chi connectivity index (χ2n) is 4.02. The summed E-state index contributed by atoms with van der Waals surface area (Å²) in [5.74, 6) is 0.950. The Balaban J connectivity index is 2.07. The molecular weight excluding hydrogens is 336 g/mol. The lowest BCUT2D eigenvalue weighted by Gasteiger charge is -2.08. The summed E-state index contributed by atoms with van der Waals surface area (Å²) < 4.78 is 7.19. The normalized spacial score (nSPS) is 11.3. The number of furan rings is 1. The van der Waals surface area contributed by atoms with E-state index in [1.165, 1.54) is 12.8 Å². The van der Waals surface area contributed by atoms with Gasteiger partial charge in [-0.2, -0.15) is 0 Å². The molecule has 0 saturated carbocycles. The van der Waals surface area contributed by atoms with Crippen molar-refractivity contribution < 1.29 is 4.42 Å². The van der Waals surface area contributed by atoms with Gasteiger partial charge in [-0.1, -0.05) is 0 Å². The zero-order valence-corrected chi connectivity index (χ0v) is 12.9. The van der Waals surface area contributed by atoms with Crippen molar-refractivity contribution in [2.45, 2.75) is 19.4 Å². The molecule has 1 aromatic heterocycles. The molecule has 1 heterocycles. The SMILES string of the molecule is CN(C)CCCCNCc1cc(Br)c(Br)o1. The third-order valence-electron chi connectivity index (χ3n) is 2.20. The number of hydrogen-bond donors (Lipinski definition) is 1. The summed E-state index contributed by atoms with van der Waals surface area (Å²) in [6, 6.07) is 1.98. The predicted molar refractivity (Wildman–Crippen MR) is 73.6 cm³/mol. The number of hydrogen-bond acceptors (Lipinski definition) is 3. The monoisotopic (exact) mass is 352 g/mol. The van der Waals surface area contributed by atoms with Crippen LogP contribution in [0, 0.1) is 0 Å². The Morgan fingerprint density at radius 3 is 2.62 bits per heavy atom. The number of nitrogens with one attached hydrogen (secondary N) is 1. The summed E-state index contributed by atoms with van der Waals surface area (Å²) in [6.07, 6.45) is 2.42. The molecule has 3 nitrogen and oxygen atoms in total. The highest BCUT2D eigenvalue weighted by Crippen LogP contribution is 2.26. The summed E-state index contributed by atoms with van der Waals surface area (Å²) >= 11 is 6.71. The number of unbranched alkanes of at least 4 members (excludes halogenated alkanes) is 1. The summed E-state index contributed by atoms with van der Waals surface area (Å²) in [6.45, 7) is 2.97. The van der Waals surface area contributed by atoms with E-state index < -0.39 is 0 Å². The van der Waals surface area contributed by atoms with Gasteiger partial charge in [0.05, 0.1) is 11.0 Å². The standard InChI is InChI=1S/C11H18Br2N2O/c1-15(2)6-4-3-5-14-8-9-7-10(12)11(13)16-9/h7,14H,3-6,8H2,1-2H3. The molecule has 0 aliphatic heterocycles. The van der Waals surface area contributed by atoms with Crippen LogP contribution in [-0.4, -0.2) is 32.1 Å². The molecule has 5 heteroatoms. The molecule has 0 aromatic carbocycles. The molecule has 92 valence electrons. The van der Waals surface area contributed by atoms with E-state index in [9.17, 15) is 0 Å². The van der Waals surface area contributed by atoms with Crippen LogP contribution < -0.4 is 5.32 Å². The highest BCUT2D eigenvalue weighted by atomic mass is 79.9. The minimum absolute atomic E-state index is 0.761. The van der Waals surface area contributed by atoms with Crippen LogP contribution in [0.3, 0.4) is 0 Å². The van der Waals surface area contributed by atoms with E-state index in [-0.39, 0.29) is 0 Å². The molecule has 0 radical (unpaired) electrons. The molecule has 0 aliphatic carbocycles. The van der Waals surface area contributed by atoms with E-state index in [1.54, 1.807) is 0 Å². The first-order valence-electron chi connectivity index (χ1n) is 5.38. The summed E-state index contributed by atoms with van der Waals surface area (Å²) in [5.41, 5.74) is 0. The average molecular weight is 354 g/mol. The zero-order chi connectivity index (χ0) is 12.0. The van der Waals surface area contributed by atoms with Crippen LogP contribution in [0.1, 0.15) is 18.6 Å². The molecule has 0 fully saturated rings. The van der Waals surface area contributed by atoms with Crippen molar-refractivity contribution in [3.63, 3.8) is 0 Å². The first-order chi connectivity index (χ1) is 7.59. The molecule has 0 amide bonds. The Kier molecular flexibility index (Phi) is 6.65. The van der Waals surface area contributed by atoms with Crippen LogP contribution in [0.2, 0.25) is 0 Å². The van der Waals surface area contributed by atoms with Gasteiger partial charge < -0.3 is 14.6 Å². The average Bonchev–Trinajstić information content (AvgIpc) is 2.52. The van der Waals surface area contributed by atoms with Gasteiger partial charge in [0.2, 0.25) is 0 Å². The second kappa shape index (κ2) is 7.48. The van der Waals surface area contributed by atoms with Crippen molar-refractivity contribution in [2.24, 2.45) is 0 Å². The fraction of sp³-hybridized carbons (Fsp3) is 0.636. The second-order valence-corrected chi connectivity index (χ2v) is 5.60. The smallest absolute Gasteiger partial charge is 0.183 e. The predicted octanol–water partition coefficient (Wildman–Crippen LogP) is 3.24. The molecule has 0 spiro atoms. The van der Waals surface area contributed by atoms with Gasteiger partial charge in [0.15, 0.2) is 4.67 Å². The van der Waals surface area contributed by atoms with Gasteiger partial charge >= 0.3 is 0 Å². The third-order valence-corrected chi connectivity index (χ3v) is 3.91. The molecule has 0 unspecified atom stereocenters. The first kappa shape index (κ1) is 14.2. The number of rotatable bonds is 7. The van der Waals surface area contributed by atoms with Crippen LogP contribution in [0.5, 0.6) is 0 Å². The number of halogens is 2. The quantitative estimate of drug-likeness (QED) is 0.763. The van der Waals surface area contributed by atoms with E-state index in [1.807, 2.05) is 6.07 Å². The van der Waals surface area contributed by atoms with Crippen molar-refractivity contribution in [3.05, 3.63) is 21.0 Å². The van der Waals surface area contributed by atoms with Gasteiger partial charge in [-0.3, -0.25) is 0 Å². The van der Waals surface area contributed by atoms with Gasteiger partial charge in [0, 0.05) is 0 Å². The maximum Gasteiger partial charge on any atom is 0.183 e. The lowest BCUT2D eigenvalue weighted by atomic mass is 10.3. The molecule has 0 saturated heterocycles. The van der Waals surface area contributed by atoms with Crippen LogP contribution in [0.25, 0.3) is 0 Å². The highest BCUT2D eigenvalue weighted by molar-refractivity contribution is 9.13. The van der Waals surface area contributed by atoms with Crippen molar-refractivity contribution >= 4 is 31.9 Å². The zero-order valence-electron chi connectivity index (χ0n) is 9.72. The Hall–Kier alpha value is 0.160. The van der Waals surface area contributed by atoms with Gasteiger partial charge in [0.1, 0.15) is 5.76 Å². The van der Waals surface area contributed by atoms with Crippen molar-refractivity contribution in [3.8, 4) is 0 Å². The molecule has 1 N–H and O–H groups in total. The van der Waals surface area contributed by atoms with Gasteiger partial charge in [-0.25, -0.2) is 0 Å². The number of nitrogens with zero attached hydrogens (tertiary/aromatic N) is 1. The van der Waals surface area contributed by atoms with Gasteiger partial charge in [-0.05, 0) is 78.0 Å². The first-order valence-corrected chi connectivity index (χ1v) is 6.97. The molecule has 1 aromatic rings. The maximum atomic E-state index is 5.46. The van der Waals surface area contributed by atoms with Crippen LogP contribution in [0.4, 0.5) is 0 Å². The lowest BCUT2D eigenvalue weighted by molar-refractivity contribution is 0.389. The van der Waals surface area contributed by atoms with Crippen molar-refractivity contribution in [1.29, 1.82) is 0 Å². The lowest BCUT2D eigenvalue weighted by Crippen LogP contribution is -2.17. The van der Waals surface area contributed by atoms with Crippen molar-refractivity contribution in [2.75, 3.05) is 27.2 Å². The summed E-state index contributed by atoms with van der Waals surface area (Å²) in [4.78, 5) is 2.21. The van der Waals surface area contributed by atoms with E-state index >= 15 is 0 Å². The summed E-state index contributed by atoms with van der Waals surface area (Å²) in [7, 11) is 4.21. The van der Waals surface area contributed by atoms with Crippen LogP contribution in [-0.2, 0) is 6.54 Å².